The average molecular weight is 571 g/mol. The number of likely N-dealkylation sites (tertiary alicyclic amines) is 1. The number of β-lactam (4-membered cyclic amide) rings is 1. The van der Waals surface area contributed by atoms with Gasteiger partial charge in [0.1, 0.15) is 0 Å². The Labute approximate surface area is 234 Å². The summed E-state index contributed by atoms with van der Waals surface area (Å²) in [4.78, 5) is 30.4. The van der Waals surface area contributed by atoms with Gasteiger partial charge in [0, 0.05) is 35.8 Å². The van der Waals surface area contributed by atoms with Crippen molar-refractivity contribution in [1.29, 1.82) is 0 Å². The van der Waals surface area contributed by atoms with Crippen LogP contribution in [0.3, 0.4) is 0 Å². The molecule has 1 atom stereocenters. The summed E-state index contributed by atoms with van der Waals surface area (Å²) in [6.07, 6.45) is -2.86. The lowest BCUT2D eigenvalue weighted by Crippen LogP contribution is -2.67. The molecular formula is C30H26ClF3N2O4. The Hall–Kier alpha value is -3.72. The fraction of sp³-hybridized carbons (Fsp3) is 0.333. The first-order valence-electron chi connectivity index (χ1n) is 13.1. The predicted octanol–water partition coefficient (Wildman–Crippen LogP) is 6.53. The van der Waals surface area contributed by atoms with E-state index in [0.29, 0.717) is 66.9 Å². The third-order valence-corrected chi connectivity index (χ3v) is 8.27. The molecule has 10 heteroatoms. The molecule has 3 heterocycles. The standard InChI is InChI=1S/C30H26ClF3N2O4/c31-22-7-2-19(3-8-22)26-29(28(38)36(26)23-9-5-21(6-10-23)30(32,33)34)12-14-35(15-13-29)27(37)20-4-11-24-25(18-20)40-17-1-16-39-24/h2-11,18,26H,1,12-17H2. The molecule has 0 aliphatic carbocycles. The second kappa shape index (κ2) is 10.0. The van der Waals surface area contributed by atoms with Crippen LogP contribution in [0.1, 0.15) is 46.8 Å². The fourth-order valence-electron chi connectivity index (χ4n) is 5.92. The molecule has 0 radical (unpaired) electrons. The molecule has 3 aromatic carbocycles. The summed E-state index contributed by atoms with van der Waals surface area (Å²) in [5.74, 6) is 0.844. The number of alkyl halides is 3. The molecule has 2 saturated heterocycles. The Balaban J connectivity index is 1.24. The number of anilines is 1. The smallest absolute Gasteiger partial charge is 0.416 e. The van der Waals surface area contributed by atoms with E-state index >= 15 is 0 Å². The lowest BCUT2D eigenvalue weighted by atomic mass is 9.62. The number of fused-ring (bicyclic) bond motifs is 1. The van der Waals surface area contributed by atoms with Crippen LogP contribution in [0, 0.1) is 5.41 Å². The molecule has 2 amide bonds. The largest absolute Gasteiger partial charge is 0.490 e. The number of halogens is 4. The van der Waals surface area contributed by atoms with Gasteiger partial charge in [-0.1, -0.05) is 23.7 Å². The van der Waals surface area contributed by atoms with Gasteiger partial charge in [-0.15, -0.1) is 0 Å². The van der Waals surface area contributed by atoms with Crippen molar-refractivity contribution in [3.63, 3.8) is 0 Å². The minimum Gasteiger partial charge on any atom is -0.490 e. The quantitative estimate of drug-likeness (QED) is 0.336. The van der Waals surface area contributed by atoms with E-state index < -0.39 is 23.2 Å². The van der Waals surface area contributed by atoms with Gasteiger partial charge in [0.2, 0.25) is 5.91 Å². The highest BCUT2D eigenvalue weighted by molar-refractivity contribution is 6.30. The Morgan fingerprint density at radius 2 is 1.55 bits per heavy atom. The maximum absolute atomic E-state index is 13.8. The SMILES string of the molecule is O=C(c1ccc2c(c1)OCCCO2)N1CCC2(CC1)C(=O)N(c1ccc(C(F)(F)F)cc1)C2c1ccc(Cl)cc1. The van der Waals surface area contributed by atoms with Gasteiger partial charge in [0.05, 0.1) is 30.2 Å². The molecule has 6 nitrogen and oxygen atoms in total. The van der Waals surface area contributed by atoms with Gasteiger partial charge in [-0.2, -0.15) is 13.2 Å². The molecule has 0 aromatic heterocycles. The zero-order chi connectivity index (χ0) is 28.1. The number of rotatable bonds is 3. The average Bonchev–Trinajstić information content (AvgIpc) is 3.21. The van der Waals surface area contributed by atoms with Crippen molar-refractivity contribution in [2.45, 2.75) is 31.5 Å². The van der Waals surface area contributed by atoms with E-state index in [2.05, 4.69) is 0 Å². The van der Waals surface area contributed by atoms with Crippen LogP contribution >= 0.6 is 11.6 Å². The summed E-state index contributed by atoms with van der Waals surface area (Å²) >= 11 is 6.11. The second-order valence-electron chi connectivity index (χ2n) is 10.3. The van der Waals surface area contributed by atoms with Crippen molar-refractivity contribution < 1.29 is 32.2 Å². The topological polar surface area (TPSA) is 59.1 Å². The molecule has 3 aliphatic rings. The normalized spacial score (nSPS) is 20.2. The molecule has 208 valence electrons. The van der Waals surface area contributed by atoms with Gasteiger partial charge < -0.3 is 19.3 Å². The molecule has 0 N–H and O–H groups in total. The summed E-state index contributed by atoms with van der Waals surface area (Å²) in [5.41, 5.74) is 0.170. The van der Waals surface area contributed by atoms with E-state index in [9.17, 15) is 22.8 Å². The van der Waals surface area contributed by atoms with Crippen LogP contribution in [0.4, 0.5) is 18.9 Å². The van der Waals surface area contributed by atoms with E-state index in [1.54, 1.807) is 40.1 Å². The Bertz CT molecular complexity index is 1430. The van der Waals surface area contributed by atoms with Crippen molar-refractivity contribution in [3.8, 4) is 11.5 Å². The fourth-order valence-corrected chi connectivity index (χ4v) is 6.05. The maximum Gasteiger partial charge on any atom is 0.416 e. The van der Waals surface area contributed by atoms with Crippen molar-refractivity contribution in [2.24, 2.45) is 5.41 Å². The summed E-state index contributed by atoms with van der Waals surface area (Å²) in [6.45, 7) is 1.80. The molecule has 1 spiro atoms. The number of piperidine rings is 1. The van der Waals surface area contributed by atoms with Crippen LogP contribution < -0.4 is 14.4 Å². The third kappa shape index (κ3) is 4.56. The summed E-state index contributed by atoms with van der Waals surface area (Å²) in [6, 6.07) is 16.6. The van der Waals surface area contributed by atoms with E-state index in [-0.39, 0.29) is 11.8 Å². The molecular weight excluding hydrogens is 545 g/mol. The number of hydrogen-bond acceptors (Lipinski definition) is 4. The summed E-state index contributed by atoms with van der Waals surface area (Å²) in [5, 5.41) is 0.542. The second-order valence-corrected chi connectivity index (χ2v) is 10.8. The molecule has 0 saturated carbocycles. The van der Waals surface area contributed by atoms with Crippen molar-refractivity contribution in [3.05, 3.63) is 88.4 Å². The molecule has 3 aliphatic heterocycles. The lowest BCUT2D eigenvalue weighted by Gasteiger charge is -2.59. The monoisotopic (exact) mass is 570 g/mol. The molecule has 2 fully saturated rings. The van der Waals surface area contributed by atoms with E-state index in [1.165, 1.54) is 12.1 Å². The Morgan fingerprint density at radius 1 is 0.900 bits per heavy atom. The Morgan fingerprint density at radius 3 is 2.20 bits per heavy atom. The first-order valence-corrected chi connectivity index (χ1v) is 13.5. The number of ether oxygens (including phenoxy) is 2. The highest BCUT2D eigenvalue weighted by Gasteiger charge is 2.62. The summed E-state index contributed by atoms with van der Waals surface area (Å²) in [7, 11) is 0. The van der Waals surface area contributed by atoms with Gasteiger partial charge >= 0.3 is 6.18 Å². The van der Waals surface area contributed by atoms with E-state index in [4.69, 9.17) is 21.1 Å². The van der Waals surface area contributed by atoms with Gasteiger partial charge in [-0.3, -0.25) is 9.59 Å². The highest BCUT2D eigenvalue weighted by Crippen LogP contribution is 2.57. The van der Waals surface area contributed by atoms with Gasteiger partial charge in [0.25, 0.3) is 5.91 Å². The first-order chi connectivity index (χ1) is 19.2. The third-order valence-electron chi connectivity index (χ3n) is 8.02. The zero-order valence-corrected chi connectivity index (χ0v) is 22.2. The zero-order valence-electron chi connectivity index (χ0n) is 21.4. The van der Waals surface area contributed by atoms with Crippen LogP contribution in [0.25, 0.3) is 0 Å². The maximum atomic E-state index is 13.8. The molecule has 6 rings (SSSR count). The van der Waals surface area contributed by atoms with Gasteiger partial charge in [0.15, 0.2) is 11.5 Å². The number of carbonyl (C=O) groups excluding carboxylic acids is 2. The summed E-state index contributed by atoms with van der Waals surface area (Å²) < 4.78 is 50.8. The van der Waals surface area contributed by atoms with Crippen LogP contribution in [-0.2, 0) is 11.0 Å². The minimum atomic E-state index is -4.47. The van der Waals surface area contributed by atoms with Crippen LogP contribution in [0.5, 0.6) is 11.5 Å². The Kier molecular flexibility index (Phi) is 6.65. The van der Waals surface area contributed by atoms with Crippen molar-refractivity contribution in [2.75, 3.05) is 31.2 Å². The first kappa shape index (κ1) is 26.5. The molecule has 0 bridgehead atoms. The molecule has 3 aromatic rings. The van der Waals surface area contributed by atoms with Gasteiger partial charge in [-0.05, 0) is 73.0 Å². The van der Waals surface area contributed by atoms with Crippen LogP contribution in [0.15, 0.2) is 66.7 Å². The number of carbonyl (C=O) groups is 2. The predicted molar refractivity (Wildman–Crippen MR) is 143 cm³/mol. The van der Waals surface area contributed by atoms with Crippen molar-refractivity contribution in [1.82, 2.24) is 4.90 Å². The number of amides is 2. The number of nitrogens with zero attached hydrogens (tertiary/aromatic N) is 2. The number of benzene rings is 3. The van der Waals surface area contributed by atoms with E-state index in [1.807, 2.05) is 12.1 Å². The number of hydrogen-bond donors (Lipinski definition) is 0. The molecule has 1 unspecified atom stereocenters. The highest BCUT2D eigenvalue weighted by atomic mass is 35.5. The minimum absolute atomic E-state index is 0.153. The van der Waals surface area contributed by atoms with Crippen LogP contribution in [-0.4, -0.2) is 43.0 Å². The van der Waals surface area contributed by atoms with E-state index in [0.717, 1.165) is 24.1 Å². The lowest BCUT2D eigenvalue weighted by molar-refractivity contribution is -0.144. The van der Waals surface area contributed by atoms with Crippen LogP contribution in [0.2, 0.25) is 5.02 Å². The van der Waals surface area contributed by atoms with Crippen molar-refractivity contribution >= 4 is 29.1 Å². The molecule has 40 heavy (non-hydrogen) atoms. The van der Waals surface area contributed by atoms with Gasteiger partial charge in [-0.25, -0.2) is 0 Å².